The summed E-state index contributed by atoms with van der Waals surface area (Å²) in [7, 11) is 4.26. The van der Waals surface area contributed by atoms with Gasteiger partial charge in [-0.3, -0.25) is 0 Å². The molecule has 1 aliphatic heterocycles. The molecular formula is C38H38N4. The third kappa shape index (κ3) is 5.05. The molecule has 0 bridgehead atoms. The van der Waals surface area contributed by atoms with Gasteiger partial charge in [0.25, 0.3) is 0 Å². The maximum Gasteiger partial charge on any atom is 0.112 e. The number of para-hydroxylation sites is 2. The first-order chi connectivity index (χ1) is 20.6. The van der Waals surface area contributed by atoms with Gasteiger partial charge in [-0.15, -0.1) is 0 Å². The topological polar surface area (TPSA) is 30.9 Å². The summed E-state index contributed by atoms with van der Waals surface area (Å²) in [4.78, 5) is 10.2. The van der Waals surface area contributed by atoms with Gasteiger partial charge in [0.1, 0.15) is 11.2 Å². The van der Waals surface area contributed by atoms with E-state index in [1.54, 1.807) is 0 Å². The second kappa shape index (κ2) is 12.0. The number of hydrogen-bond acceptors (Lipinski definition) is 4. The largest absolute Gasteiger partial charge is 0.367 e. The van der Waals surface area contributed by atoms with E-state index >= 15 is 0 Å². The van der Waals surface area contributed by atoms with Crippen LogP contribution in [0.4, 0.5) is 34.1 Å². The van der Waals surface area contributed by atoms with E-state index in [2.05, 4.69) is 170 Å². The lowest BCUT2D eigenvalue weighted by Gasteiger charge is -2.43. The molecule has 210 valence electrons. The normalized spacial score (nSPS) is 15.7. The first-order valence-corrected chi connectivity index (χ1v) is 14.9. The van der Waals surface area contributed by atoms with Crippen LogP contribution < -0.4 is 15.1 Å². The molecule has 4 nitrogen and oxygen atoms in total. The van der Waals surface area contributed by atoms with E-state index in [9.17, 15) is 0 Å². The number of unbranched alkanes of at least 4 members (excludes halogenated alkanes) is 1. The number of fused-ring (bicyclic) bond motifs is 1. The fourth-order valence-electron chi connectivity index (χ4n) is 6.02. The highest BCUT2D eigenvalue weighted by Crippen LogP contribution is 2.52. The van der Waals surface area contributed by atoms with Gasteiger partial charge in [0, 0.05) is 25.5 Å². The Hall–Kier alpha value is -4.83. The number of aliphatic imine (C=N–C) groups is 1. The van der Waals surface area contributed by atoms with Crippen LogP contribution in [0.15, 0.2) is 138 Å². The molecule has 0 radical (unpaired) electrons. The average Bonchev–Trinajstić information content (AvgIpc) is 3.07. The number of anilines is 5. The van der Waals surface area contributed by atoms with E-state index in [0.717, 1.165) is 64.7 Å². The molecule has 1 heterocycles. The number of nitrogens with zero attached hydrogens (tertiary/aromatic N) is 3. The molecule has 0 unspecified atom stereocenters. The van der Waals surface area contributed by atoms with Gasteiger partial charge in [-0.2, -0.15) is 0 Å². The predicted molar refractivity (Wildman–Crippen MR) is 179 cm³/mol. The molecular weight excluding hydrogens is 512 g/mol. The number of hydrogen-bond donors (Lipinski definition) is 1. The molecule has 1 aliphatic rings. The van der Waals surface area contributed by atoms with Crippen LogP contribution in [0.3, 0.4) is 0 Å². The van der Waals surface area contributed by atoms with Gasteiger partial charge in [-0.25, -0.2) is 4.99 Å². The maximum atomic E-state index is 5.67. The summed E-state index contributed by atoms with van der Waals surface area (Å²) in [6.45, 7) is 2.26. The van der Waals surface area contributed by atoms with Crippen molar-refractivity contribution < 1.29 is 0 Å². The van der Waals surface area contributed by atoms with Gasteiger partial charge < -0.3 is 15.1 Å². The summed E-state index contributed by atoms with van der Waals surface area (Å²) < 4.78 is 0. The average molecular weight is 551 g/mol. The highest BCUT2D eigenvalue weighted by molar-refractivity contribution is 6.15. The quantitative estimate of drug-likeness (QED) is 0.198. The van der Waals surface area contributed by atoms with Crippen LogP contribution in [0, 0.1) is 0 Å². The minimum atomic E-state index is -0.498. The van der Waals surface area contributed by atoms with Crippen molar-refractivity contribution in [2.75, 3.05) is 29.2 Å². The Balaban J connectivity index is 1.64. The van der Waals surface area contributed by atoms with Crippen molar-refractivity contribution >= 4 is 39.8 Å². The SMILES string of the molecule is CCCC[C@]1(c2ccccc2)Nc2c(N(C)c3ccccc3)ccc(N(C)c3ccccc3)c2N=C1c1ccccc1. The minimum Gasteiger partial charge on any atom is -0.367 e. The molecule has 0 saturated heterocycles. The highest BCUT2D eigenvalue weighted by atomic mass is 15.2. The molecule has 6 rings (SSSR count). The van der Waals surface area contributed by atoms with Crippen LogP contribution in [0.2, 0.25) is 0 Å². The second-order valence-electron chi connectivity index (χ2n) is 10.9. The third-order valence-corrected chi connectivity index (χ3v) is 8.33. The predicted octanol–water partition coefficient (Wildman–Crippen LogP) is 9.85. The lowest BCUT2D eigenvalue weighted by atomic mass is 9.76. The van der Waals surface area contributed by atoms with E-state index in [0.29, 0.717) is 0 Å². The summed E-state index contributed by atoms with van der Waals surface area (Å²) in [5.74, 6) is 0. The molecule has 4 heteroatoms. The summed E-state index contributed by atoms with van der Waals surface area (Å²) in [6.07, 6.45) is 3.09. The maximum absolute atomic E-state index is 5.67. The van der Waals surface area contributed by atoms with Gasteiger partial charge in [0.05, 0.1) is 22.8 Å². The number of nitrogens with one attached hydrogen (secondary N) is 1. The van der Waals surface area contributed by atoms with Crippen LogP contribution in [-0.2, 0) is 5.54 Å². The molecule has 1 atom stereocenters. The van der Waals surface area contributed by atoms with E-state index in [1.165, 1.54) is 5.56 Å². The smallest absolute Gasteiger partial charge is 0.112 e. The van der Waals surface area contributed by atoms with E-state index in [-0.39, 0.29) is 0 Å². The molecule has 42 heavy (non-hydrogen) atoms. The molecule has 0 aromatic heterocycles. The Morgan fingerprint density at radius 2 is 1.12 bits per heavy atom. The Labute approximate surface area is 250 Å². The summed E-state index contributed by atoms with van der Waals surface area (Å²) in [5, 5.41) is 4.18. The molecule has 1 N–H and O–H groups in total. The fourth-order valence-corrected chi connectivity index (χ4v) is 6.02. The van der Waals surface area contributed by atoms with Gasteiger partial charge in [-0.1, -0.05) is 117 Å². The van der Waals surface area contributed by atoms with E-state index < -0.39 is 5.54 Å². The third-order valence-electron chi connectivity index (χ3n) is 8.33. The zero-order valence-electron chi connectivity index (χ0n) is 24.7. The Kier molecular flexibility index (Phi) is 7.78. The van der Waals surface area contributed by atoms with E-state index in [1.807, 2.05) is 0 Å². The van der Waals surface area contributed by atoms with Crippen LogP contribution in [0.1, 0.15) is 37.3 Å². The molecule has 0 aliphatic carbocycles. The first kappa shape index (κ1) is 27.3. The Bertz CT molecular complexity index is 1650. The van der Waals surface area contributed by atoms with Crippen LogP contribution in [0.25, 0.3) is 0 Å². The number of benzene rings is 5. The standard InChI is InChI=1S/C38H38N4/c1-4-5-28-38(30-20-12-7-13-21-30)37(29-18-10-6-11-19-29)39-35-33(41(2)31-22-14-8-15-23-31)26-27-34(36(35)40-38)42(3)32-24-16-9-17-25-32/h6-27,40H,4-5,28H2,1-3H3/t38-/m1/s1. The molecule has 5 aromatic carbocycles. The fraction of sp³-hybridized carbons (Fsp3) is 0.184. The monoisotopic (exact) mass is 550 g/mol. The lowest BCUT2D eigenvalue weighted by molar-refractivity contribution is 0.551. The van der Waals surface area contributed by atoms with Gasteiger partial charge >= 0.3 is 0 Å². The molecule has 0 amide bonds. The molecule has 5 aromatic rings. The van der Waals surface area contributed by atoms with Gasteiger partial charge in [-0.05, 0) is 53.9 Å². The van der Waals surface area contributed by atoms with Gasteiger partial charge in [0.2, 0.25) is 0 Å². The van der Waals surface area contributed by atoms with Crippen LogP contribution in [0.5, 0.6) is 0 Å². The molecule has 0 spiro atoms. The van der Waals surface area contributed by atoms with Crippen molar-refractivity contribution in [1.82, 2.24) is 0 Å². The van der Waals surface area contributed by atoms with Gasteiger partial charge in [0.15, 0.2) is 0 Å². The summed E-state index contributed by atoms with van der Waals surface area (Å²) in [6, 6.07) is 47.0. The molecule has 0 fully saturated rings. The van der Waals surface area contributed by atoms with E-state index in [4.69, 9.17) is 4.99 Å². The zero-order valence-corrected chi connectivity index (χ0v) is 24.7. The minimum absolute atomic E-state index is 0.498. The molecule has 0 saturated carbocycles. The Morgan fingerprint density at radius 1 is 0.619 bits per heavy atom. The lowest BCUT2D eigenvalue weighted by Crippen LogP contribution is -2.46. The van der Waals surface area contributed by atoms with Crippen molar-refractivity contribution in [1.29, 1.82) is 0 Å². The summed E-state index contributed by atoms with van der Waals surface area (Å²) in [5.41, 5.74) is 9.29. The van der Waals surface area contributed by atoms with Crippen molar-refractivity contribution in [3.8, 4) is 0 Å². The summed E-state index contributed by atoms with van der Waals surface area (Å²) >= 11 is 0. The first-order valence-electron chi connectivity index (χ1n) is 14.9. The second-order valence-corrected chi connectivity index (χ2v) is 10.9. The van der Waals surface area contributed by atoms with Crippen molar-refractivity contribution in [2.45, 2.75) is 31.7 Å². The van der Waals surface area contributed by atoms with Crippen LogP contribution in [-0.4, -0.2) is 19.8 Å². The Morgan fingerprint density at radius 3 is 1.69 bits per heavy atom. The zero-order chi connectivity index (χ0) is 28.9. The highest BCUT2D eigenvalue weighted by Gasteiger charge is 2.42. The van der Waals surface area contributed by atoms with Crippen molar-refractivity contribution in [2.24, 2.45) is 4.99 Å². The number of rotatable bonds is 9. The van der Waals surface area contributed by atoms with Crippen molar-refractivity contribution in [3.63, 3.8) is 0 Å². The van der Waals surface area contributed by atoms with Crippen molar-refractivity contribution in [3.05, 3.63) is 145 Å². The van der Waals surface area contributed by atoms with Crippen LogP contribution >= 0.6 is 0 Å².